The molecule has 14 heavy (non-hydrogen) atoms. The van der Waals surface area contributed by atoms with Gasteiger partial charge in [-0.15, -0.1) is 0 Å². The molecule has 0 saturated heterocycles. The van der Waals surface area contributed by atoms with Crippen LogP contribution in [0.2, 0.25) is 0 Å². The standard InChI is InChI=1S/C11H17N3/c1-14-6-9(13-7-14)5-12-11-3-2-8-4-10(8)11/h6-8,10-12H,2-5H2,1H3. The Kier molecular flexibility index (Phi) is 1.87. The van der Waals surface area contributed by atoms with E-state index in [1.165, 1.54) is 19.3 Å². The van der Waals surface area contributed by atoms with Crippen LogP contribution in [0.1, 0.15) is 25.0 Å². The van der Waals surface area contributed by atoms with Gasteiger partial charge in [0, 0.05) is 25.8 Å². The van der Waals surface area contributed by atoms with Crippen LogP contribution in [0.3, 0.4) is 0 Å². The second kappa shape index (κ2) is 3.09. The third-order valence-corrected chi connectivity index (χ3v) is 3.65. The van der Waals surface area contributed by atoms with Crippen molar-refractivity contribution in [2.45, 2.75) is 31.8 Å². The molecule has 0 aromatic carbocycles. The molecule has 2 aliphatic carbocycles. The molecule has 1 heterocycles. The number of nitrogens with zero attached hydrogens (tertiary/aromatic N) is 2. The van der Waals surface area contributed by atoms with Gasteiger partial charge in [0.15, 0.2) is 0 Å². The quantitative estimate of drug-likeness (QED) is 0.780. The summed E-state index contributed by atoms with van der Waals surface area (Å²) in [4.78, 5) is 4.32. The first-order valence-electron chi connectivity index (χ1n) is 5.53. The van der Waals surface area contributed by atoms with Crippen LogP contribution in [0.5, 0.6) is 0 Å². The van der Waals surface area contributed by atoms with Crippen molar-refractivity contribution in [3.63, 3.8) is 0 Å². The molecule has 0 amide bonds. The molecule has 3 rings (SSSR count). The van der Waals surface area contributed by atoms with Crippen LogP contribution in [0.25, 0.3) is 0 Å². The molecule has 2 aliphatic rings. The molecule has 2 saturated carbocycles. The lowest BCUT2D eigenvalue weighted by Crippen LogP contribution is -2.28. The number of aryl methyl sites for hydroxylation is 1. The van der Waals surface area contributed by atoms with Crippen molar-refractivity contribution in [3.05, 3.63) is 18.2 Å². The van der Waals surface area contributed by atoms with Crippen molar-refractivity contribution in [2.75, 3.05) is 0 Å². The molecule has 3 nitrogen and oxygen atoms in total. The van der Waals surface area contributed by atoms with E-state index in [2.05, 4.69) is 16.5 Å². The average Bonchev–Trinajstić information content (AvgIpc) is 2.66. The smallest absolute Gasteiger partial charge is 0.0947 e. The highest BCUT2D eigenvalue weighted by Crippen LogP contribution is 2.51. The van der Waals surface area contributed by atoms with Crippen molar-refractivity contribution in [1.29, 1.82) is 0 Å². The molecule has 76 valence electrons. The van der Waals surface area contributed by atoms with Gasteiger partial charge in [0.25, 0.3) is 0 Å². The predicted molar refractivity (Wildman–Crippen MR) is 54.7 cm³/mol. The minimum Gasteiger partial charge on any atom is -0.340 e. The average molecular weight is 191 g/mol. The molecule has 3 unspecified atom stereocenters. The summed E-state index contributed by atoms with van der Waals surface area (Å²) in [6.45, 7) is 0.939. The molecule has 1 aromatic heterocycles. The van der Waals surface area contributed by atoms with E-state index in [0.29, 0.717) is 0 Å². The highest BCUT2D eigenvalue weighted by atomic mass is 15.0. The van der Waals surface area contributed by atoms with E-state index in [-0.39, 0.29) is 0 Å². The summed E-state index contributed by atoms with van der Waals surface area (Å²) in [5.41, 5.74) is 1.16. The first-order valence-corrected chi connectivity index (χ1v) is 5.53. The Bertz CT molecular complexity index is 331. The highest BCUT2D eigenvalue weighted by Gasteiger charge is 2.47. The van der Waals surface area contributed by atoms with Gasteiger partial charge in [0.1, 0.15) is 0 Å². The van der Waals surface area contributed by atoms with Gasteiger partial charge >= 0.3 is 0 Å². The van der Waals surface area contributed by atoms with Gasteiger partial charge < -0.3 is 9.88 Å². The minimum atomic E-state index is 0.780. The number of rotatable bonds is 3. The van der Waals surface area contributed by atoms with Crippen LogP contribution in [0.4, 0.5) is 0 Å². The summed E-state index contributed by atoms with van der Waals surface area (Å²) in [6, 6.07) is 0.780. The van der Waals surface area contributed by atoms with E-state index in [4.69, 9.17) is 0 Å². The number of hydrogen-bond donors (Lipinski definition) is 1. The van der Waals surface area contributed by atoms with Gasteiger partial charge in [0.2, 0.25) is 0 Å². The van der Waals surface area contributed by atoms with E-state index >= 15 is 0 Å². The molecule has 0 radical (unpaired) electrons. The molecule has 2 fully saturated rings. The summed E-state index contributed by atoms with van der Waals surface area (Å²) in [5, 5.41) is 3.63. The Morgan fingerprint density at radius 3 is 3.07 bits per heavy atom. The van der Waals surface area contributed by atoms with Gasteiger partial charge in [-0.1, -0.05) is 0 Å². The van der Waals surface area contributed by atoms with E-state index in [9.17, 15) is 0 Å². The van der Waals surface area contributed by atoms with Gasteiger partial charge in [-0.05, 0) is 31.1 Å². The zero-order chi connectivity index (χ0) is 9.54. The first kappa shape index (κ1) is 8.48. The maximum Gasteiger partial charge on any atom is 0.0947 e. The molecule has 3 atom stereocenters. The lowest BCUT2D eigenvalue weighted by atomic mass is 10.2. The number of hydrogen-bond acceptors (Lipinski definition) is 2. The van der Waals surface area contributed by atoms with E-state index in [1.807, 2.05) is 17.9 Å². The molecule has 1 aromatic rings. The van der Waals surface area contributed by atoms with Gasteiger partial charge in [-0.25, -0.2) is 4.98 Å². The summed E-state index contributed by atoms with van der Waals surface area (Å²) in [5.74, 6) is 2.06. The third kappa shape index (κ3) is 1.46. The monoisotopic (exact) mass is 191 g/mol. The maximum absolute atomic E-state index is 4.32. The largest absolute Gasteiger partial charge is 0.340 e. The van der Waals surface area contributed by atoms with E-state index in [1.54, 1.807) is 0 Å². The second-order valence-corrected chi connectivity index (χ2v) is 4.75. The SMILES string of the molecule is Cn1cnc(CNC2CCC3CC32)c1. The van der Waals surface area contributed by atoms with E-state index in [0.717, 1.165) is 30.1 Å². The van der Waals surface area contributed by atoms with Crippen LogP contribution in [0.15, 0.2) is 12.5 Å². The summed E-state index contributed by atoms with van der Waals surface area (Å²) in [6.07, 6.45) is 8.25. The van der Waals surface area contributed by atoms with Gasteiger partial charge in [-0.2, -0.15) is 0 Å². The first-order chi connectivity index (χ1) is 6.83. The van der Waals surface area contributed by atoms with Crippen LogP contribution in [-0.2, 0) is 13.6 Å². The second-order valence-electron chi connectivity index (χ2n) is 4.75. The summed E-state index contributed by atoms with van der Waals surface area (Å²) < 4.78 is 2.01. The minimum absolute atomic E-state index is 0.780. The molecule has 1 N–H and O–H groups in total. The van der Waals surface area contributed by atoms with Crippen molar-refractivity contribution in [3.8, 4) is 0 Å². The molecular weight excluding hydrogens is 174 g/mol. The van der Waals surface area contributed by atoms with Crippen molar-refractivity contribution < 1.29 is 0 Å². The lowest BCUT2D eigenvalue weighted by molar-refractivity contribution is 0.471. The zero-order valence-corrected chi connectivity index (χ0v) is 8.61. The molecule has 0 bridgehead atoms. The van der Waals surface area contributed by atoms with Gasteiger partial charge in [0.05, 0.1) is 12.0 Å². The molecule has 0 spiro atoms. The predicted octanol–water partition coefficient (Wildman–Crippen LogP) is 1.31. The summed E-state index contributed by atoms with van der Waals surface area (Å²) >= 11 is 0. The van der Waals surface area contributed by atoms with Gasteiger partial charge in [-0.3, -0.25) is 0 Å². The fourth-order valence-electron chi connectivity index (χ4n) is 2.75. The van der Waals surface area contributed by atoms with Crippen molar-refractivity contribution in [1.82, 2.24) is 14.9 Å². The number of aromatic nitrogens is 2. The Hall–Kier alpha value is -0.830. The van der Waals surface area contributed by atoms with Crippen molar-refractivity contribution in [2.24, 2.45) is 18.9 Å². The Morgan fingerprint density at radius 2 is 2.50 bits per heavy atom. The fourth-order valence-corrected chi connectivity index (χ4v) is 2.75. The molecule has 0 aliphatic heterocycles. The van der Waals surface area contributed by atoms with Crippen LogP contribution in [-0.4, -0.2) is 15.6 Å². The highest BCUT2D eigenvalue weighted by molar-refractivity contribution is 5.03. The third-order valence-electron chi connectivity index (χ3n) is 3.65. The Morgan fingerprint density at radius 1 is 1.57 bits per heavy atom. The van der Waals surface area contributed by atoms with E-state index < -0.39 is 0 Å². The van der Waals surface area contributed by atoms with Crippen LogP contribution < -0.4 is 5.32 Å². The zero-order valence-electron chi connectivity index (χ0n) is 8.61. The Labute approximate surface area is 84.5 Å². The normalized spacial score (nSPS) is 34.5. The maximum atomic E-state index is 4.32. The number of fused-ring (bicyclic) bond motifs is 1. The Balaban J connectivity index is 1.54. The lowest BCUT2D eigenvalue weighted by Gasteiger charge is -2.12. The molecular formula is C11H17N3. The topological polar surface area (TPSA) is 29.9 Å². The number of imidazole rings is 1. The number of nitrogens with one attached hydrogen (secondary N) is 1. The van der Waals surface area contributed by atoms with Crippen LogP contribution >= 0.6 is 0 Å². The molecule has 3 heteroatoms. The van der Waals surface area contributed by atoms with Crippen molar-refractivity contribution >= 4 is 0 Å². The van der Waals surface area contributed by atoms with Crippen LogP contribution in [0, 0.1) is 11.8 Å². The summed E-state index contributed by atoms with van der Waals surface area (Å²) in [7, 11) is 2.02. The fraction of sp³-hybridized carbons (Fsp3) is 0.727.